The van der Waals surface area contributed by atoms with Crippen LogP contribution in [0.15, 0.2) is 30.5 Å². The molecule has 0 bridgehead atoms. The number of fused-ring (bicyclic) bond motifs is 1. The third-order valence-electron chi connectivity index (χ3n) is 3.68. The van der Waals surface area contributed by atoms with Gasteiger partial charge >= 0.3 is 0 Å². The summed E-state index contributed by atoms with van der Waals surface area (Å²) < 4.78 is 0. The van der Waals surface area contributed by atoms with Gasteiger partial charge in [-0.3, -0.25) is 4.98 Å². The molecule has 2 rings (SSSR count). The van der Waals surface area contributed by atoms with E-state index < -0.39 is 0 Å². The molecule has 1 aromatic heterocycles. The summed E-state index contributed by atoms with van der Waals surface area (Å²) in [4.78, 5) is 4.33. The van der Waals surface area contributed by atoms with Crippen molar-refractivity contribution < 1.29 is 5.11 Å². The number of aliphatic hydroxyl groups is 1. The number of nitrogens with zero attached hydrogens (tertiary/aromatic N) is 1. The summed E-state index contributed by atoms with van der Waals surface area (Å²) >= 11 is 0. The molecule has 0 aliphatic rings. The van der Waals surface area contributed by atoms with Crippen molar-refractivity contribution in [2.24, 2.45) is 0 Å². The largest absolute Gasteiger partial charge is 0.397 e. The number of anilines is 2. The van der Waals surface area contributed by atoms with Crippen LogP contribution in [0, 0.1) is 0 Å². The van der Waals surface area contributed by atoms with Crippen molar-refractivity contribution in [1.29, 1.82) is 0 Å². The van der Waals surface area contributed by atoms with E-state index in [2.05, 4.69) is 24.1 Å². The van der Waals surface area contributed by atoms with E-state index in [-0.39, 0.29) is 12.1 Å². The molecule has 1 aromatic carbocycles. The Morgan fingerprint density at radius 2 is 2.16 bits per heavy atom. The Balaban J connectivity index is 2.43. The Hall–Kier alpha value is -1.81. The van der Waals surface area contributed by atoms with Crippen LogP contribution in [-0.4, -0.2) is 22.2 Å². The summed E-state index contributed by atoms with van der Waals surface area (Å²) in [5, 5.41) is 13.7. The van der Waals surface area contributed by atoms with Gasteiger partial charge in [-0.1, -0.05) is 19.1 Å². The molecule has 0 amide bonds. The summed E-state index contributed by atoms with van der Waals surface area (Å²) in [7, 11) is 0. The van der Waals surface area contributed by atoms with E-state index >= 15 is 0 Å². The van der Waals surface area contributed by atoms with Crippen molar-refractivity contribution in [2.45, 2.75) is 32.2 Å². The fourth-order valence-corrected chi connectivity index (χ4v) is 2.21. The summed E-state index contributed by atoms with van der Waals surface area (Å²) in [6.07, 6.45) is 3.39. The molecule has 0 spiro atoms. The van der Waals surface area contributed by atoms with Gasteiger partial charge < -0.3 is 16.2 Å². The van der Waals surface area contributed by atoms with Gasteiger partial charge in [-0.25, -0.2) is 0 Å². The van der Waals surface area contributed by atoms with Crippen molar-refractivity contribution in [3.8, 4) is 0 Å². The highest BCUT2D eigenvalue weighted by molar-refractivity contribution is 5.97. The molecule has 0 saturated heterocycles. The molecule has 0 saturated carbocycles. The second-order valence-corrected chi connectivity index (χ2v) is 5.11. The molecule has 1 unspecified atom stereocenters. The fraction of sp³-hybridized carbons (Fsp3) is 0.400. The average molecular weight is 259 g/mol. The molecule has 1 heterocycles. The molecule has 4 N–H and O–H groups in total. The molecule has 0 radical (unpaired) electrons. The van der Waals surface area contributed by atoms with Crippen molar-refractivity contribution in [3.05, 3.63) is 30.5 Å². The van der Waals surface area contributed by atoms with Crippen molar-refractivity contribution >= 4 is 22.3 Å². The van der Waals surface area contributed by atoms with Crippen molar-refractivity contribution in [1.82, 2.24) is 4.98 Å². The third-order valence-corrected chi connectivity index (χ3v) is 3.68. The standard InChI is InChI=1S/C15H21N3O/c1-3-15(2,8-10-19)18-13-7-9-17-14-11(13)5-4-6-12(14)16/h4-7,9,19H,3,8,10,16H2,1-2H3,(H,17,18). The van der Waals surface area contributed by atoms with Crippen LogP contribution in [0.3, 0.4) is 0 Å². The molecule has 0 fully saturated rings. The summed E-state index contributed by atoms with van der Waals surface area (Å²) in [6.45, 7) is 4.39. The van der Waals surface area contributed by atoms with Crippen LogP contribution in [-0.2, 0) is 0 Å². The Morgan fingerprint density at radius 3 is 2.84 bits per heavy atom. The Kier molecular flexibility index (Phi) is 3.90. The monoisotopic (exact) mass is 259 g/mol. The molecule has 102 valence electrons. The maximum Gasteiger partial charge on any atom is 0.0951 e. The number of pyridine rings is 1. The number of rotatable bonds is 5. The highest BCUT2D eigenvalue weighted by Gasteiger charge is 2.21. The predicted molar refractivity (Wildman–Crippen MR) is 80.2 cm³/mol. The minimum Gasteiger partial charge on any atom is -0.397 e. The van der Waals surface area contributed by atoms with E-state index in [9.17, 15) is 5.11 Å². The van der Waals surface area contributed by atoms with E-state index in [0.29, 0.717) is 12.1 Å². The molecule has 4 heteroatoms. The minimum absolute atomic E-state index is 0.131. The van der Waals surface area contributed by atoms with E-state index in [0.717, 1.165) is 23.0 Å². The van der Waals surface area contributed by atoms with Crippen LogP contribution in [0.2, 0.25) is 0 Å². The number of nitrogens with one attached hydrogen (secondary N) is 1. The van der Waals surface area contributed by atoms with Crippen LogP contribution in [0.25, 0.3) is 10.9 Å². The van der Waals surface area contributed by atoms with Crippen LogP contribution in [0.5, 0.6) is 0 Å². The molecule has 0 aliphatic heterocycles. The van der Waals surface area contributed by atoms with E-state index in [1.54, 1.807) is 6.20 Å². The average Bonchev–Trinajstić information content (AvgIpc) is 2.40. The van der Waals surface area contributed by atoms with Gasteiger partial charge in [0.25, 0.3) is 0 Å². The van der Waals surface area contributed by atoms with Gasteiger partial charge in [0.05, 0.1) is 11.2 Å². The highest BCUT2D eigenvalue weighted by Crippen LogP contribution is 2.29. The Bertz CT molecular complexity index is 570. The molecule has 19 heavy (non-hydrogen) atoms. The highest BCUT2D eigenvalue weighted by atomic mass is 16.3. The normalized spacial score (nSPS) is 14.3. The van der Waals surface area contributed by atoms with Crippen molar-refractivity contribution in [2.75, 3.05) is 17.7 Å². The number of para-hydroxylation sites is 1. The number of aromatic nitrogens is 1. The third kappa shape index (κ3) is 2.79. The lowest BCUT2D eigenvalue weighted by Gasteiger charge is -2.30. The molecule has 4 nitrogen and oxygen atoms in total. The van der Waals surface area contributed by atoms with Gasteiger partial charge in [0.1, 0.15) is 0 Å². The van der Waals surface area contributed by atoms with Gasteiger partial charge in [-0.15, -0.1) is 0 Å². The first-order chi connectivity index (χ1) is 9.09. The summed E-state index contributed by atoms with van der Waals surface area (Å²) in [5.74, 6) is 0. The number of nitrogens with two attached hydrogens (primary N) is 1. The first kappa shape index (κ1) is 13.6. The van der Waals surface area contributed by atoms with Crippen LogP contribution >= 0.6 is 0 Å². The topological polar surface area (TPSA) is 71.2 Å². The summed E-state index contributed by atoms with van der Waals surface area (Å²) in [5.41, 5.74) is 8.32. The van der Waals surface area contributed by atoms with E-state index in [4.69, 9.17) is 5.73 Å². The van der Waals surface area contributed by atoms with Crippen molar-refractivity contribution in [3.63, 3.8) is 0 Å². The number of hydrogen-bond acceptors (Lipinski definition) is 4. The van der Waals surface area contributed by atoms with Gasteiger partial charge in [-0.2, -0.15) is 0 Å². The zero-order valence-electron chi connectivity index (χ0n) is 11.5. The van der Waals surface area contributed by atoms with Crippen LogP contribution in [0.4, 0.5) is 11.4 Å². The maximum atomic E-state index is 9.20. The molecule has 0 aliphatic carbocycles. The van der Waals surface area contributed by atoms with Crippen LogP contribution < -0.4 is 11.1 Å². The molecular weight excluding hydrogens is 238 g/mol. The fourth-order valence-electron chi connectivity index (χ4n) is 2.21. The number of benzene rings is 1. The smallest absolute Gasteiger partial charge is 0.0951 e. The molecular formula is C15H21N3O. The molecule has 2 aromatic rings. The number of hydrogen-bond donors (Lipinski definition) is 3. The minimum atomic E-state index is -0.131. The zero-order chi connectivity index (χ0) is 13.9. The van der Waals surface area contributed by atoms with Gasteiger partial charge in [0.2, 0.25) is 0 Å². The Labute approximate surface area is 113 Å². The van der Waals surface area contributed by atoms with E-state index in [1.165, 1.54) is 0 Å². The van der Waals surface area contributed by atoms with Gasteiger partial charge in [-0.05, 0) is 31.9 Å². The number of nitrogen functional groups attached to an aromatic ring is 1. The lowest BCUT2D eigenvalue weighted by molar-refractivity contribution is 0.252. The maximum absolute atomic E-state index is 9.20. The SMILES string of the molecule is CCC(C)(CCO)Nc1ccnc2c(N)cccc12. The number of aliphatic hydroxyl groups excluding tert-OH is 1. The zero-order valence-corrected chi connectivity index (χ0v) is 11.5. The lowest BCUT2D eigenvalue weighted by Crippen LogP contribution is -2.35. The lowest BCUT2D eigenvalue weighted by atomic mass is 9.94. The van der Waals surface area contributed by atoms with E-state index in [1.807, 2.05) is 24.3 Å². The summed E-state index contributed by atoms with van der Waals surface area (Å²) in [6, 6.07) is 7.74. The second kappa shape index (κ2) is 5.45. The Morgan fingerprint density at radius 1 is 1.37 bits per heavy atom. The van der Waals surface area contributed by atoms with Crippen LogP contribution in [0.1, 0.15) is 26.7 Å². The quantitative estimate of drug-likeness (QED) is 0.722. The first-order valence-corrected chi connectivity index (χ1v) is 6.62. The van der Waals surface area contributed by atoms with Gasteiger partial charge in [0.15, 0.2) is 0 Å². The first-order valence-electron chi connectivity index (χ1n) is 6.62. The second-order valence-electron chi connectivity index (χ2n) is 5.11. The van der Waals surface area contributed by atoms with Gasteiger partial charge in [0, 0.05) is 29.4 Å². The molecule has 1 atom stereocenters. The predicted octanol–water partition coefficient (Wildman–Crippen LogP) is 2.78.